The first kappa shape index (κ1) is 14.3. The molecule has 1 aliphatic heterocycles. The molecule has 0 unspecified atom stereocenters. The number of nitrogens with one attached hydrogen (secondary N) is 2. The van der Waals surface area contributed by atoms with Crippen molar-refractivity contribution in [3.63, 3.8) is 0 Å². The molecule has 20 heavy (non-hydrogen) atoms. The van der Waals surface area contributed by atoms with Crippen molar-refractivity contribution in [2.24, 2.45) is 0 Å². The zero-order chi connectivity index (χ0) is 14.9. The van der Waals surface area contributed by atoms with Crippen molar-refractivity contribution < 1.29 is 24.2 Å². The van der Waals surface area contributed by atoms with E-state index in [1.807, 2.05) is 33.2 Å². The molecule has 4 amide bonds. The molecule has 1 aliphatic rings. The zero-order valence-electron chi connectivity index (χ0n) is 10.2. The first-order chi connectivity index (χ1) is 9.42. The summed E-state index contributed by atoms with van der Waals surface area (Å²) >= 11 is 1.89. The number of ether oxygens (including phenoxy) is 1. The Morgan fingerprint density at radius 3 is 2.35 bits per heavy atom. The van der Waals surface area contributed by atoms with Crippen molar-refractivity contribution in [2.75, 3.05) is 7.11 Å². The highest BCUT2D eigenvalue weighted by atomic mass is 127. The number of amides is 4. The van der Waals surface area contributed by atoms with Crippen LogP contribution in [0.1, 0.15) is 5.56 Å². The second-order valence-corrected chi connectivity index (χ2v) is 5.01. The van der Waals surface area contributed by atoms with Gasteiger partial charge in [-0.15, -0.1) is 0 Å². The minimum atomic E-state index is -0.852. The number of imide groups is 2. The zero-order valence-corrected chi connectivity index (χ0v) is 12.3. The number of urea groups is 1. The Kier molecular flexibility index (Phi) is 3.93. The summed E-state index contributed by atoms with van der Waals surface area (Å²) in [5.74, 6) is -1.36. The van der Waals surface area contributed by atoms with Crippen molar-refractivity contribution in [3.8, 4) is 11.5 Å². The molecule has 1 saturated heterocycles. The summed E-state index contributed by atoms with van der Waals surface area (Å²) < 4.78 is 5.49. The number of benzene rings is 1. The van der Waals surface area contributed by atoms with E-state index in [2.05, 4.69) is 0 Å². The molecule has 3 N–H and O–H groups in total. The molecule has 0 atom stereocenters. The fraction of sp³-hybridized carbons (Fsp3) is 0.0833. The van der Waals surface area contributed by atoms with Crippen LogP contribution in [0.5, 0.6) is 11.5 Å². The van der Waals surface area contributed by atoms with Gasteiger partial charge in [-0.2, -0.15) is 0 Å². The fourth-order valence-electron chi connectivity index (χ4n) is 1.61. The van der Waals surface area contributed by atoms with Crippen LogP contribution >= 0.6 is 22.6 Å². The van der Waals surface area contributed by atoms with E-state index in [0.717, 1.165) is 0 Å². The third-order valence-corrected chi connectivity index (χ3v) is 3.35. The van der Waals surface area contributed by atoms with Gasteiger partial charge in [-0.05, 0) is 46.4 Å². The van der Waals surface area contributed by atoms with E-state index in [1.54, 1.807) is 6.07 Å². The van der Waals surface area contributed by atoms with E-state index in [4.69, 9.17) is 4.74 Å². The molecule has 2 rings (SSSR count). The molecule has 7 nitrogen and oxygen atoms in total. The van der Waals surface area contributed by atoms with E-state index >= 15 is 0 Å². The lowest BCUT2D eigenvalue weighted by Gasteiger charge is -2.14. The highest BCUT2D eigenvalue weighted by molar-refractivity contribution is 14.1. The highest BCUT2D eigenvalue weighted by Gasteiger charge is 2.27. The number of carbonyl (C=O) groups excluding carboxylic acids is 3. The Labute approximate surface area is 127 Å². The average molecular weight is 388 g/mol. The van der Waals surface area contributed by atoms with Crippen LogP contribution in [-0.2, 0) is 9.59 Å². The van der Waals surface area contributed by atoms with Gasteiger partial charge in [0.05, 0.1) is 10.7 Å². The monoisotopic (exact) mass is 388 g/mol. The third-order valence-electron chi connectivity index (χ3n) is 2.53. The molecule has 1 fully saturated rings. The molecular weight excluding hydrogens is 379 g/mol. The Morgan fingerprint density at radius 2 is 1.80 bits per heavy atom. The average Bonchev–Trinajstić information content (AvgIpc) is 2.37. The molecule has 0 aromatic heterocycles. The predicted molar refractivity (Wildman–Crippen MR) is 77.0 cm³/mol. The summed E-state index contributed by atoms with van der Waals surface area (Å²) in [4.78, 5) is 34.1. The maximum atomic E-state index is 11.6. The number of carbonyl (C=O) groups is 3. The van der Waals surface area contributed by atoms with Crippen LogP contribution in [0.25, 0.3) is 6.08 Å². The van der Waals surface area contributed by atoms with E-state index in [1.165, 1.54) is 19.3 Å². The Bertz CT molecular complexity index is 631. The van der Waals surface area contributed by atoms with Crippen molar-refractivity contribution >= 4 is 46.5 Å². The second kappa shape index (κ2) is 5.49. The maximum absolute atomic E-state index is 11.6. The number of phenolic OH excluding ortho intramolecular Hbond substituents is 1. The number of methoxy groups -OCH3 is 1. The summed E-state index contributed by atoms with van der Waals surface area (Å²) in [7, 11) is 1.39. The van der Waals surface area contributed by atoms with E-state index < -0.39 is 17.8 Å². The van der Waals surface area contributed by atoms with E-state index in [9.17, 15) is 19.5 Å². The standard InChI is InChI=1S/C12H9IN2O5/c1-20-8-4-5(3-7(13)9(8)16)2-6-10(17)14-12(19)15-11(6)18/h2-4,16H,1H3,(H2,14,15,17,18,19). The number of rotatable bonds is 2. The van der Waals surface area contributed by atoms with Crippen LogP contribution in [-0.4, -0.2) is 30.1 Å². The van der Waals surface area contributed by atoms with Crippen LogP contribution < -0.4 is 15.4 Å². The Hall–Kier alpha value is -2.10. The first-order valence-corrected chi connectivity index (χ1v) is 6.45. The summed E-state index contributed by atoms with van der Waals surface area (Å²) in [5, 5.41) is 13.7. The first-order valence-electron chi connectivity index (χ1n) is 5.37. The van der Waals surface area contributed by atoms with Gasteiger partial charge < -0.3 is 9.84 Å². The lowest BCUT2D eigenvalue weighted by atomic mass is 10.1. The van der Waals surface area contributed by atoms with Gasteiger partial charge in [-0.1, -0.05) is 0 Å². The van der Waals surface area contributed by atoms with Gasteiger partial charge >= 0.3 is 6.03 Å². The largest absolute Gasteiger partial charge is 0.504 e. The van der Waals surface area contributed by atoms with Crippen molar-refractivity contribution in [3.05, 3.63) is 26.8 Å². The number of barbiturate groups is 1. The number of phenols is 1. The third kappa shape index (κ3) is 2.74. The van der Waals surface area contributed by atoms with Crippen molar-refractivity contribution in [2.45, 2.75) is 0 Å². The molecule has 104 valence electrons. The maximum Gasteiger partial charge on any atom is 0.328 e. The minimum absolute atomic E-state index is 0.0250. The Morgan fingerprint density at radius 1 is 1.20 bits per heavy atom. The summed E-state index contributed by atoms with van der Waals surface area (Å²) in [6, 6.07) is 2.19. The van der Waals surface area contributed by atoms with Gasteiger partial charge in [0, 0.05) is 0 Å². The molecule has 1 heterocycles. The second-order valence-electron chi connectivity index (χ2n) is 3.85. The summed E-state index contributed by atoms with van der Waals surface area (Å²) in [6.07, 6.45) is 1.31. The van der Waals surface area contributed by atoms with Gasteiger partial charge in [0.2, 0.25) is 0 Å². The highest BCUT2D eigenvalue weighted by Crippen LogP contribution is 2.33. The van der Waals surface area contributed by atoms with E-state index in [-0.39, 0.29) is 17.1 Å². The number of aromatic hydroxyl groups is 1. The molecule has 1 aromatic carbocycles. The number of halogens is 1. The van der Waals surface area contributed by atoms with Crippen LogP contribution in [0, 0.1) is 3.57 Å². The fourth-order valence-corrected chi connectivity index (χ4v) is 2.23. The van der Waals surface area contributed by atoms with E-state index in [0.29, 0.717) is 9.13 Å². The van der Waals surface area contributed by atoms with Gasteiger partial charge in [-0.25, -0.2) is 4.79 Å². The predicted octanol–water partition coefficient (Wildman–Crippen LogP) is 0.755. The summed E-state index contributed by atoms with van der Waals surface area (Å²) in [6.45, 7) is 0. The number of hydrogen-bond acceptors (Lipinski definition) is 5. The van der Waals surface area contributed by atoms with Crippen LogP contribution in [0.2, 0.25) is 0 Å². The molecule has 0 radical (unpaired) electrons. The summed E-state index contributed by atoms with van der Waals surface area (Å²) in [5.41, 5.74) is 0.284. The molecule has 0 bridgehead atoms. The smallest absolute Gasteiger partial charge is 0.328 e. The van der Waals surface area contributed by atoms with Gasteiger partial charge in [0.25, 0.3) is 11.8 Å². The molecule has 0 spiro atoms. The van der Waals surface area contributed by atoms with Crippen LogP contribution in [0.3, 0.4) is 0 Å². The molecular formula is C12H9IN2O5. The van der Waals surface area contributed by atoms with Crippen LogP contribution in [0.4, 0.5) is 4.79 Å². The lowest BCUT2D eigenvalue weighted by molar-refractivity contribution is -0.123. The van der Waals surface area contributed by atoms with Crippen LogP contribution in [0.15, 0.2) is 17.7 Å². The van der Waals surface area contributed by atoms with Gasteiger partial charge in [-0.3, -0.25) is 20.2 Å². The molecule has 8 heteroatoms. The normalized spacial score (nSPS) is 14.7. The van der Waals surface area contributed by atoms with Crippen molar-refractivity contribution in [1.29, 1.82) is 0 Å². The minimum Gasteiger partial charge on any atom is -0.504 e. The van der Waals surface area contributed by atoms with Gasteiger partial charge in [0.15, 0.2) is 11.5 Å². The quantitative estimate of drug-likeness (QED) is 0.394. The SMILES string of the molecule is COc1cc(C=C2C(=O)NC(=O)NC2=O)cc(I)c1O. The topological polar surface area (TPSA) is 105 Å². The Balaban J connectivity index is 2.45. The number of hydrogen-bond donors (Lipinski definition) is 3. The molecule has 0 aliphatic carbocycles. The molecule has 1 aromatic rings. The van der Waals surface area contributed by atoms with Gasteiger partial charge in [0.1, 0.15) is 5.57 Å². The molecule has 0 saturated carbocycles. The lowest BCUT2D eigenvalue weighted by Crippen LogP contribution is -2.51. The van der Waals surface area contributed by atoms with Crippen molar-refractivity contribution in [1.82, 2.24) is 10.6 Å².